The van der Waals surface area contributed by atoms with Crippen molar-refractivity contribution in [3.8, 4) is 0 Å². The van der Waals surface area contributed by atoms with Crippen LogP contribution in [0.2, 0.25) is 0 Å². The molecule has 1 N–H and O–H groups in total. The molecule has 23 heavy (non-hydrogen) atoms. The average Bonchev–Trinajstić information content (AvgIpc) is 2.92. The maximum absolute atomic E-state index is 12.2. The van der Waals surface area contributed by atoms with E-state index in [2.05, 4.69) is 5.32 Å². The number of ether oxygens (including phenoxy) is 1. The molecular formula is C18H25NO3S. The van der Waals surface area contributed by atoms with Gasteiger partial charge < -0.3 is 10.1 Å². The van der Waals surface area contributed by atoms with Crippen molar-refractivity contribution in [2.24, 2.45) is 5.92 Å². The first kappa shape index (κ1) is 17.9. The summed E-state index contributed by atoms with van der Waals surface area (Å²) < 4.78 is 5.24. The van der Waals surface area contributed by atoms with Gasteiger partial charge in [-0.1, -0.05) is 42.1 Å². The molecule has 1 aliphatic carbocycles. The van der Waals surface area contributed by atoms with Gasteiger partial charge in [0.05, 0.1) is 0 Å². The van der Waals surface area contributed by atoms with Crippen LogP contribution in [-0.2, 0) is 4.74 Å². The van der Waals surface area contributed by atoms with Crippen molar-refractivity contribution >= 4 is 23.0 Å². The minimum atomic E-state index is -0.472. The molecule has 0 aromatic heterocycles. The molecule has 1 amide bonds. The molecule has 0 radical (unpaired) electrons. The molecule has 2 unspecified atom stereocenters. The van der Waals surface area contributed by atoms with Crippen LogP contribution in [0, 0.1) is 5.92 Å². The van der Waals surface area contributed by atoms with Crippen LogP contribution in [0.15, 0.2) is 30.3 Å². The van der Waals surface area contributed by atoms with Crippen molar-refractivity contribution in [1.29, 1.82) is 0 Å². The summed E-state index contributed by atoms with van der Waals surface area (Å²) in [5.41, 5.74) is 0.285. The van der Waals surface area contributed by atoms with Crippen LogP contribution in [0.3, 0.4) is 0 Å². The molecule has 0 aliphatic heterocycles. The summed E-state index contributed by atoms with van der Waals surface area (Å²) in [5, 5.41) is 3.31. The Morgan fingerprint density at radius 2 is 1.91 bits per heavy atom. The molecule has 4 nitrogen and oxygen atoms in total. The van der Waals surface area contributed by atoms with Crippen molar-refractivity contribution < 1.29 is 14.3 Å². The second-order valence-electron chi connectivity index (χ2n) is 6.96. The van der Waals surface area contributed by atoms with Gasteiger partial charge in [0.15, 0.2) is 0 Å². The van der Waals surface area contributed by atoms with Crippen LogP contribution in [0.4, 0.5) is 4.79 Å². The normalized spacial score (nSPS) is 21.0. The highest BCUT2D eigenvalue weighted by Crippen LogP contribution is 2.35. The summed E-state index contributed by atoms with van der Waals surface area (Å²) in [6, 6.07) is 9.39. The van der Waals surface area contributed by atoms with E-state index in [4.69, 9.17) is 4.74 Å². The van der Waals surface area contributed by atoms with Gasteiger partial charge in [-0.2, -0.15) is 0 Å². The van der Waals surface area contributed by atoms with Gasteiger partial charge in [0.25, 0.3) is 0 Å². The number of rotatable bonds is 4. The van der Waals surface area contributed by atoms with E-state index in [0.717, 1.165) is 24.8 Å². The molecule has 0 bridgehead atoms. The molecule has 0 spiro atoms. The molecule has 2 rings (SSSR count). The Kier molecular flexibility index (Phi) is 6.10. The number of carbonyl (C=O) groups is 2. The standard InChI is InChI=1S/C18H25NO3S/c1-18(2,3)22-17(21)19-12-13-9-10-15(11-13)23-16(20)14-7-5-4-6-8-14/h4-8,13,15H,9-12H2,1-3H3,(H,19,21). The Hall–Kier alpha value is -1.49. The van der Waals surface area contributed by atoms with Gasteiger partial charge in [-0.3, -0.25) is 4.79 Å². The molecular weight excluding hydrogens is 310 g/mol. The fourth-order valence-electron chi connectivity index (χ4n) is 2.66. The highest BCUT2D eigenvalue weighted by Gasteiger charge is 2.28. The predicted molar refractivity (Wildman–Crippen MR) is 93.7 cm³/mol. The van der Waals surface area contributed by atoms with Gasteiger partial charge in [0, 0.05) is 17.4 Å². The second kappa shape index (κ2) is 7.86. The van der Waals surface area contributed by atoms with Gasteiger partial charge >= 0.3 is 6.09 Å². The fraction of sp³-hybridized carbons (Fsp3) is 0.556. The topological polar surface area (TPSA) is 55.4 Å². The van der Waals surface area contributed by atoms with Crippen molar-refractivity contribution in [2.75, 3.05) is 6.54 Å². The molecule has 1 aromatic rings. The van der Waals surface area contributed by atoms with Crippen LogP contribution >= 0.6 is 11.8 Å². The summed E-state index contributed by atoms with van der Waals surface area (Å²) in [7, 11) is 0. The molecule has 0 heterocycles. The van der Waals surface area contributed by atoms with E-state index in [-0.39, 0.29) is 11.2 Å². The summed E-state index contributed by atoms with van der Waals surface area (Å²) in [4.78, 5) is 23.9. The Bertz CT molecular complexity index is 539. The van der Waals surface area contributed by atoms with Gasteiger partial charge in [0.2, 0.25) is 5.12 Å². The van der Waals surface area contributed by atoms with Crippen molar-refractivity contribution in [2.45, 2.75) is 50.9 Å². The number of carbonyl (C=O) groups excluding carboxylic acids is 2. The van der Waals surface area contributed by atoms with Crippen LogP contribution < -0.4 is 5.32 Å². The lowest BCUT2D eigenvalue weighted by atomic mass is 10.1. The summed E-state index contributed by atoms with van der Waals surface area (Å²) in [5.74, 6) is 0.420. The number of amides is 1. The quantitative estimate of drug-likeness (QED) is 0.893. The van der Waals surface area contributed by atoms with E-state index in [0.29, 0.717) is 17.7 Å². The number of nitrogens with one attached hydrogen (secondary N) is 1. The highest BCUT2D eigenvalue weighted by molar-refractivity contribution is 8.14. The third-order valence-corrected chi connectivity index (χ3v) is 4.92. The lowest BCUT2D eigenvalue weighted by Gasteiger charge is -2.20. The lowest BCUT2D eigenvalue weighted by molar-refractivity contribution is 0.0519. The first-order valence-electron chi connectivity index (χ1n) is 8.06. The predicted octanol–water partition coefficient (Wildman–Crippen LogP) is 4.25. The van der Waals surface area contributed by atoms with Gasteiger partial charge in [-0.25, -0.2) is 4.79 Å². The molecule has 1 saturated carbocycles. The first-order chi connectivity index (χ1) is 10.8. The zero-order valence-electron chi connectivity index (χ0n) is 14.0. The van der Waals surface area contributed by atoms with Crippen molar-refractivity contribution in [3.63, 3.8) is 0 Å². The van der Waals surface area contributed by atoms with E-state index in [1.54, 1.807) is 0 Å². The molecule has 1 aromatic carbocycles. The molecule has 1 aliphatic rings. The summed E-state index contributed by atoms with van der Waals surface area (Å²) in [6.45, 7) is 6.17. The average molecular weight is 335 g/mol. The molecule has 126 valence electrons. The molecule has 1 fully saturated rings. The second-order valence-corrected chi connectivity index (χ2v) is 8.23. The number of alkyl carbamates (subject to hydrolysis) is 1. The monoisotopic (exact) mass is 335 g/mol. The maximum Gasteiger partial charge on any atom is 0.407 e. The van der Waals surface area contributed by atoms with E-state index in [1.807, 2.05) is 51.1 Å². The summed E-state index contributed by atoms with van der Waals surface area (Å²) in [6.07, 6.45) is 2.65. The number of hydrogen-bond acceptors (Lipinski definition) is 4. The summed E-state index contributed by atoms with van der Waals surface area (Å²) >= 11 is 1.43. The Morgan fingerprint density at radius 1 is 1.22 bits per heavy atom. The Labute approximate surface area is 142 Å². The van der Waals surface area contributed by atoms with Crippen LogP contribution in [0.1, 0.15) is 50.4 Å². The number of benzene rings is 1. The van der Waals surface area contributed by atoms with Gasteiger partial charge in [-0.05, 0) is 46.0 Å². The number of hydrogen-bond donors (Lipinski definition) is 1. The largest absolute Gasteiger partial charge is 0.444 e. The Balaban J connectivity index is 1.72. The van der Waals surface area contributed by atoms with Crippen molar-refractivity contribution in [1.82, 2.24) is 5.32 Å². The maximum atomic E-state index is 12.2. The van der Waals surface area contributed by atoms with E-state index < -0.39 is 5.60 Å². The third kappa shape index (κ3) is 6.26. The third-order valence-electron chi connectivity index (χ3n) is 3.71. The number of thioether (sulfide) groups is 1. The van der Waals surface area contributed by atoms with Crippen LogP contribution in [-0.4, -0.2) is 28.6 Å². The highest BCUT2D eigenvalue weighted by atomic mass is 32.2. The van der Waals surface area contributed by atoms with Crippen LogP contribution in [0.25, 0.3) is 0 Å². The van der Waals surface area contributed by atoms with E-state index in [9.17, 15) is 9.59 Å². The minimum absolute atomic E-state index is 0.136. The first-order valence-corrected chi connectivity index (χ1v) is 8.94. The SMILES string of the molecule is CC(C)(C)OC(=O)NCC1CCC(SC(=O)c2ccccc2)C1. The minimum Gasteiger partial charge on any atom is -0.444 e. The smallest absolute Gasteiger partial charge is 0.407 e. The van der Waals surface area contributed by atoms with Gasteiger partial charge in [0.1, 0.15) is 5.60 Å². The molecule has 0 saturated heterocycles. The van der Waals surface area contributed by atoms with Gasteiger partial charge in [-0.15, -0.1) is 0 Å². The lowest BCUT2D eigenvalue weighted by Crippen LogP contribution is -2.34. The van der Waals surface area contributed by atoms with Crippen molar-refractivity contribution in [3.05, 3.63) is 35.9 Å². The molecule has 2 atom stereocenters. The fourth-order valence-corrected chi connectivity index (χ4v) is 3.85. The Morgan fingerprint density at radius 3 is 2.57 bits per heavy atom. The van der Waals surface area contributed by atoms with E-state index in [1.165, 1.54) is 11.8 Å². The molecule has 5 heteroatoms. The zero-order chi connectivity index (χ0) is 16.9. The van der Waals surface area contributed by atoms with Crippen LogP contribution in [0.5, 0.6) is 0 Å². The zero-order valence-corrected chi connectivity index (χ0v) is 14.8. The van der Waals surface area contributed by atoms with E-state index >= 15 is 0 Å².